The van der Waals surface area contributed by atoms with Crippen LogP contribution in [-0.4, -0.2) is 45.1 Å². The number of aliphatic hydroxyl groups is 1. The molecule has 0 radical (unpaired) electrons. The van der Waals surface area contributed by atoms with Crippen LogP contribution < -0.4 is 4.72 Å². The summed E-state index contributed by atoms with van der Waals surface area (Å²) < 4.78 is 29.7. The van der Waals surface area contributed by atoms with Crippen LogP contribution in [0.1, 0.15) is 20.3 Å². The van der Waals surface area contributed by atoms with Gasteiger partial charge in [-0.05, 0) is 20.3 Å². The van der Waals surface area contributed by atoms with Gasteiger partial charge in [0.15, 0.2) is 0 Å². The van der Waals surface area contributed by atoms with Crippen molar-refractivity contribution in [2.45, 2.75) is 26.4 Å². The van der Waals surface area contributed by atoms with E-state index in [-0.39, 0.29) is 18.9 Å². The first kappa shape index (κ1) is 13.8. The van der Waals surface area contributed by atoms with E-state index in [1.54, 1.807) is 6.92 Å². The maximum absolute atomic E-state index is 11.2. The molecular formula is C8H19NO4S. The largest absolute Gasteiger partial charge is 0.393 e. The Morgan fingerprint density at radius 2 is 2.14 bits per heavy atom. The Labute approximate surface area is 85.5 Å². The number of nitrogens with one attached hydrogen (secondary N) is 1. The van der Waals surface area contributed by atoms with Crippen LogP contribution >= 0.6 is 0 Å². The van der Waals surface area contributed by atoms with Crippen LogP contribution in [0.3, 0.4) is 0 Å². The molecule has 0 aromatic heterocycles. The molecule has 5 nitrogen and oxygen atoms in total. The monoisotopic (exact) mass is 225 g/mol. The molecule has 0 fully saturated rings. The highest BCUT2D eigenvalue weighted by Gasteiger charge is 2.09. The summed E-state index contributed by atoms with van der Waals surface area (Å²) in [6.45, 7) is 4.43. The van der Waals surface area contributed by atoms with Crippen molar-refractivity contribution in [2.75, 3.05) is 25.5 Å². The molecule has 0 aromatic carbocycles. The van der Waals surface area contributed by atoms with E-state index in [1.807, 2.05) is 6.92 Å². The molecule has 0 saturated heterocycles. The Kier molecular flexibility index (Phi) is 7.08. The van der Waals surface area contributed by atoms with Gasteiger partial charge >= 0.3 is 0 Å². The Bertz CT molecular complexity index is 225. The second-order valence-corrected chi connectivity index (χ2v) is 4.97. The zero-order chi connectivity index (χ0) is 11.0. The molecule has 1 atom stereocenters. The first-order valence-corrected chi connectivity index (χ1v) is 6.36. The van der Waals surface area contributed by atoms with E-state index in [0.29, 0.717) is 13.0 Å². The molecule has 0 aromatic rings. The predicted molar refractivity (Wildman–Crippen MR) is 54.6 cm³/mol. The maximum Gasteiger partial charge on any atom is 0.213 e. The first-order valence-electron chi connectivity index (χ1n) is 4.71. The van der Waals surface area contributed by atoms with Gasteiger partial charge in [0, 0.05) is 13.2 Å². The van der Waals surface area contributed by atoms with E-state index in [0.717, 1.165) is 0 Å². The lowest BCUT2D eigenvalue weighted by atomic mass is 10.3. The van der Waals surface area contributed by atoms with E-state index in [4.69, 9.17) is 9.84 Å². The van der Waals surface area contributed by atoms with Gasteiger partial charge in [-0.15, -0.1) is 0 Å². The number of rotatable bonds is 8. The second-order valence-electron chi connectivity index (χ2n) is 3.05. The summed E-state index contributed by atoms with van der Waals surface area (Å²) in [5.74, 6) is -0.0271. The van der Waals surface area contributed by atoms with E-state index in [1.165, 1.54) is 0 Å². The summed E-state index contributed by atoms with van der Waals surface area (Å²) in [5.41, 5.74) is 0. The number of sulfonamides is 1. The lowest BCUT2D eigenvalue weighted by Crippen LogP contribution is -2.30. The molecule has 0 heterocycles. The summed E-state index contributed by atoms with van der Waals surface area (Å²) in [7, 11) is -3.24. The minimum atomic E-state index is -3.24. The zero-order valence-corrected chi connectivity index (χ0v) is 9.51. The SMILES string of the molecule is CCOCCS(=O)(=O)NCCC(C)O. The van der Waals surface area contributed by atoms with Crippen molar-refractivity contribution >= 4 is 10.0 Å². The van der Waals surface area contributed by atoms with Crippen LogP contribution in [-0.2, 0) is 14.8 Å². The highest BCUT2D eigenvalue weighted by Crippen LogP contribution is 1.90. The Balaban J connectivity index is 3.62. The van der Waals surface area contributed by atoms with E-state index >= 15 is 0 Å². The van der Waals surface area contributed by atoms with Crippen LogP contribution in [0.2, 0.25) is 0 Å². The van der Waals surface area contributed by atoms with Crippen LogP contribution in [0, 0.1) is 0 Å². The summed E-state index contributed by atoms with van der Waals surface area (Å²) in [6.07, 6.45) is -0.0574. The predicted octanol–water partition coefficient (Wildman–Crippen LogP) is -0.287. The average Bonchev–Trinajstić information content (AvgIpc) is 2.03. The molecule has 0 aliphatic rings. The van der Waals surface area contributed by atoms with Gasteiger partial charge in [-0.25, -0.2) is 13.1 Å². The Morgan fingerprint density at radius 1 is 1.50 bits per heavy atom. The van der Waals surface area contributed by atoms with Crippen molar-refractivity contribution < 1.29 is 18.3 Å². The number of hydrogen-bond donors (Lipinski definition) is 2. The number of ether oxygens (including phenoxy) is 1. The smallest absolute Gasteiger partial charge is 0.213 e. The van der Waals surface area contributed by atoms with Crippen LogP contribution in [0.4, 0.5) is 0 Å². The van der Waals surface area contributed by atoms with Gasteiger partial charge in [-0.1, -0.05) is 0 Å². The molecule has 6 heteroatoms. The summed E-state index contributed by atoms with van der Waals surface area (Å²) in [4.78, 5) is 0. The first-order chi connectivity index (χ1) is 6.48. The molecule has 1 unspecified atom stereocenters. The van der Waals surface area contributed by atoms with Crippen molar-refractivity contribution in [1.82, 2.24) is 4.72 Å². The topological polar surface area (TPSA) is 75.6 Å². The molecular weight excluding hydrogens is 206 g/mol. The van der Waals surface area contributed by atoms with Crippen molar-refractivity contribution in [3.05, 3.63) is 0 Å². The molecule has 0 saturated carbocycles. The molecule has 0 rings (SSSR count). The quantitative estimate of drug-likeness (QED) is 0.557. The standard InChI is InChI=1S/C8H19NO4S/c1-3-13-6-7-14(11,12)9-5-4-8(2)10/h8-10H,3-7H2,1-2H3. The van der Waals surface area contributed by atoms with E-state index in [2.05, 4.69) is 4.72 Å². The zero-order valence-electron chi connectivity index (χ0n) is 8.69. The molecule has 14 heavy (non-hydrogen) atoms. The molecule has 2 N–H and O–H groups in total. The average molecular weight is 225 g/mol. The van der Waals surface area contributed by atoms with Crippen molar-refractivity contribution in [2.24, 2.45) is 0 Å². The van der Waals surface area contributed by atoms with Crippen molar-refractivity contribution in [3.63, 3.8) is 0 Å². The van der Waals surface area contributed by atoms with Crippen LogP contribution in [0.5, 0.6) is 0 Å². The van der Waals surface area contributed by atoms with Gasteiger partial charge < -0.3 is 9.84 Å². The molecule has 0 aliphatic carbocycles. The summed E-state index contributed by atoms with van der Waals surface area (Å²) in [5, 5.41) is 8.90. The minimum absolute atomic E-state index is 0.0271. The second kappa shape index (κ2) is 7.17. The van der Waals surface area contributed by atoms with Gasteiger partial charge in [-0.3, -0.25) is 0 Å². The molecule has 0 spiro atoms. The highest BCUT2D eigenvalue weighted by atomic mass is 32.2. The normalized spacial score (nSPS) is 14.2. The van der Waals surface area contributed by atoms with E-state index in [9.17, 15) is 8.42 Å². The van der Waals surface area contributed by atoms with Crippen molar-refractivity contribution in [1.29, 1.82) is 0 Å². The fourth-order valence-electron chi connectivity index (χ4n) is 0.808. The van der Waals surface area contributed by atoms with Gasteiger partial charge in [0.1, 0.15) is 0 Å². The third-order valence-electron chi connectivity index (χ3n) is 1.58. The van der Waals surface area contributed by atoms with E-state index < -0.39 is 16.1 Å². The van der Waals surface area contributed by atoms with Crippen LogP contribution in [0.15, 0.2) is 0 Å². The van der Waals surface area contributed by atoms with Crippen LogP contribution in [0.25, 0.3) is 0 Å². The molecule has 86 valence electrons. The van der Waals surface area contributed by atoms with Gasteiger partial charge in [0.2, 0.25) is 10.0 Å². The lowest BCUT2D eigenvalue weighted by molar-refractivity contribution is 0.163. The minimum Gasteiger partial charge on any atom is -0.393 e. The van der Waals surface area contributed by atoms with Crippen molar-refractivity contribution in [3.8, 4) is 0 Å². The third kappa shape index (κ3) is 8.43. The fourth-order valence-corrected chi connectivity index (χ4v) is 1.72. The summed E-state index contributed by atoms with van der Waals surface area (Å²) >= 11 is 0. The van der Waals surface area contributed by atoms with Gasteiger partial charge in [-0.2, -0.15) is 0 Å². The Hall–Kier alpha value is -0.170. The molecule has 0 amide bonds. The fraction of sp³-hybridized carbons (Fsp3) is 1.00. The number of hydrogen-bond acceptors (Lipinski definition) is 4. The lowest BCUT2D eigenvalue weighted by Gasteiger charge is -2.07. The highest BCUT2D eigenvalue weighted by molar-refractivity contribution is 7.89. The molecule has 0 aliphatic heterocycles. The third-order valence-corrected chi connectivity index (χ3v) is 2.93. The number of aliphatic hydroxyl groups excluding tert-OH is 1. The van der Waals surface area contributed by atoms with Gasteiger partial charge in [0.05, 0.1) is 18.5 Å². The van der Waals surface area contributed by atoms with Gasteiger partial charge in [0.25, 0.3) is 0 Å². The Morgan fingerprint density at radius 3 is 2.64 bits per heavy atom. The summed E-state index contributed by atoms with van der Waals surface area (Å²) in [6, 6.07) is 0. The molecule has 0 bridgehead atoms. The maximum atomic E-state index is 11.2.